The van der Waals surface area contributed by atoms with Crippen LogP contribution in [0.4, 0.5) is 13.2 Å². The lowest BCUT2D eigenvalue weighted by atomic mass is 9.73. The van der Waals surface area contributed by atoms with Crippen LogP contribution in [0.25, 0.3) is 0 Å². The van der Waals surface area contributed by atoms with Gasteiger partial charge in [0, 0.05) is 43.6 Å². The fourth-order valence-electron chi connectivity index (χ4n) is 4.14. The van der Waals surface area contributed by atoms with Crippen LogP contribution >= 0.6 is 0 Å². The molecule has 1 amide bonds. The van der Waals surface area contributed by atoms with E-state index in [0.717, 1.165) is 31.4 Å². The number of piperidine rings is 2. The summed E-state index contributed by atoms with van der Waals surface area (Å²) in [7, 11) is 0. The standard InChI is InChI=1S/C18H23F3N2O2/c19-14-2-3-15(20)17(21)13(14)10-22-7-1-5-18(11-22)6-4-16(25)23(12-18)8-9-24/h2-3,24H,1,4-12H2/t18-/m0/s1. The quantitative estimate of drug-likeness (QED) is 0.842. The van der Waals surface area contributed by atoms with Crippen LogP contribution in [0.5, 0.6) is 0 Å². The van der Waals surface area contributed by atoms with Crippen molar-refractivity contribution in [3.63, 3.8) is 0 Å². The van der Waals surface area contributed by atoms with Gasteiger partial charge in [0.05, 0.1) is 6.61 Å². The molecule has 0 saturated carbocycles. The Morgan fingerprint density at radius 1 is 1.12 bits per heavy atom. The van der Waals surface area contributed by atoms with Crippen molar-refractivity contribution in [2.45, 2.75) is 32.2 Å². The van der Waals surface area contributed by atoms with Gasteiger partial charge in [-0.25, -0.2) is 13.2 Å². The highest BCUT2D eigenvalue weighted by molar-refractivity contribution is 5.77. The van der Waals surface area contributed by atoms with Crippen LogP contribution in [0.3, 0.4) is 0 Å². The molecule has 0 aliphatic carbocycles. The van der Waals surface area contributed by atoms with Gasteiger partial charge in [-0.3, -0.25) is 9.69 Å². The number of benzene rings is 1. The molecule has 0 aromatic heterocycles. The number of carbonyl (C=O) groups is 1. The summed E-state index contributed by atoms with van der Waals surface area (Å²) in [4.78, 5) is 15.6. The summed E-state index contributed by atoms with van der Waals surface area (Å²) >= 11 is 0. The maximum atomic E-state index is 13.9. The second-order valence-electron chi connectivity index (χ2n) is 7.17. The summed E-state index contributed by atoms with van der Waals surface area (Å²) < 4.78 is 41.3. The number of halogens is 3. The summed E-state index contributed by atoms with van der Waals surface area (Å²) in [6, 6.07) is 1.75. The predicted molar refractivity (Wildman–Crippen MR) is 86.2 cm³/mol. The molecule has 1 atom stereocenters. The van der Waals surface area contributed by atoms with Gasteiger partial charge in [0.1, 0.15) is 5.82 Å². The van der Waals surface area contributed by atoms with Crippen molar-refractivity contribution in [3.8, 4) is 0 Å². The molecule has 2 fully saturated rings. The van der Waals surface area contributed by atoms with E-state index in [4.69, 9.17) is 5.11 Å². The van der Waals surface area contributed by atoms with E-state index in [2.05, 4.69) is 0 Å². The molecule has 2 heterocycles. The molecule has 1 aromatic carbocycles. The normalized spacial score (nSPS) is 25.0. The Morgan fingerprint density at radius 2 is 1.88 bits per heavy atom. The number of nitrogens with zero attached hydrogens (tertiary/aromatic N) is 2. The summed E-state index contributed by atoms with van der Waals surface area (Å²) in [5, 5.41) is 9.13. The Bertz CT molecular complexity index is 655. The SMILES string of the molecule is O=C1CC[C@]2(CCCN(Cc3c(F)ccc(F)c3F)C2)CN1CCO. The van der Waals surface area contributed by atoms with Gasteiger partial charge in [-0.2, -0.15) is 0 Å². The first-order valence-electron chi connectivity index (χ1n) is 8.67. The van der Waals surface area contributed by atoms with Gasteiger partial charge in [0.25, 0.3) is 0 Å². The maximum absolute atomic E-state index is 13.9. The number of carbonyl (C=O) groups excluding carboxylic acids is 1. The van der Waals surface area contributed by atoms with E-state index >= 15 is 0 Å². The molecule has 2 saturated heterocycles. The van der Waals surface area contributed by atoms with Gasteiger partial charge < -0.3 is 10.0 Å². The van der Waals surface area contributed by atoms with Crippen molar-refractivity contribution >= 4 is 5.91 Å². The van der Waals surface area contributed by atoms with Gasteiger partial charge in [0.15, 0.2) is 11.6 Å². The average Bonchev–Trinajstić information content (AvgIpc) is 2.59. The second kappa shape index (κ2) is 7.33. The first-order chi connectivity index (χ1) is 11.9. The van der Waals surface area contributed by atoms with Gasteiger partial charge >= 0.3 is 0 Å². The summed E-state index contributed by atoms with van der Waals surface area (Å²) in [5.41, 5.74) is -0.363. The first kappa shape index (κ1) is 18.2. The summed E-state index contributed by atoms with van der Waals surface area (Å²) in [5.74, 6) is -2.86. The highest BCUT2D eigenvalue weighted by Gasteiger charge is 2.41. The molecule has 25 heavy (non-hydrogen) atoms. The van der Waals surface area contributed by atoms with Gasteiger partial charge in [-0.05, 0) is 37.9 Å². The zero-order valence-corrected chi connectivity index (χ0v) is 14.1. The van der Waals surface area contributed by atoms with E-state index in [0.29, 0.717) is 32.6 Å². The molecule has 0 radical (unpaired) electrons. The molecule has 2 aliphatic rings. The largest absolute Gasteiger partial charge is 0.395 e. The molecule has 2 aliphatic heterocycles. The van der Waals surface area contributed by atoms with Crippen LogP contribution in [0.1, 0.15) is 31.2 Å². The third-order valence-corrected chi connectivity index (χ3v) is 5.38. The van der Waals surface area contributed by atoms with Gasteiger partial charge in [0.2, 0.25) is 5.91 Å². The lowest BCUT2D eigenvalue weighted by Crippen LogP contribution is -2.54. The van der Waals surface area contributed by atoms with Crippen LogP contribution in [-0.2, 0) is 11.3 Å². The van der Waals surface area contributed by atoms with E-state index in [1.165, 1.54) is 0 Å². The van der Waals surface area contributed by atoms with Crippen molar-refractivity contribution in [1.82, 2.24) is 9.80 Å². The third kappa shape index (κ3) is 3.82. The Morgan fingerprint density at radius 3 is 2.64 bits per heavy atom. The monoisotopic (exact) mass is 356 g/mol. The van der Waals surface area contributed by atoms with E-state index < -0.39 is 17.5 Å². The topological polar surface area (TPSA) is 43.8 Å². The molecule has 1 spiro atoms. The summed E-state index contributed by atoms with van der Waals surface area (Å²) in [6.07, 6.45) is 2.96. The van der Waals surface area contributed by atoms with Crippen LogP contribution in [-0.4, -0.2) is 53.6 Å². The zero-order chi connectivity index (χ0) is 18.0. The fraction of sp³-hybridized carbons (Fsp3) is 0.611. The summed E-state index contributed by atoms with van der Waals surface area (Å²) in [6.45, 7) is 2.10. The Hall–Kier alpha value is -1.60. The average molecular weight is 356 g/mol. The van der Waals surface area contributed by atoms with Crippen LogP contribution in [0.2, 0.25) is 0 Å². The van der Waals surface area contributed by atoms with Crippen LogP contribution in [0.15, 0.2) is 12.1 Å². The van der Waals surface area contributed by atoms with E-state index in [9.17, 15) is 18.0 Å². The van der Waals surface area contributed by atoms with Crippen LogP contribution < -0.4 is 0 Å². The number of hydrogen-bond donors (Lipinski definition) is 1. The van der Waals surface area contributed by atoms with Gasteiger partial charge in [-0.15, -0.1) is 0 Å². The minimum Gasteiger partial charge on any atom is -0.395 e. The molecule has 0 unspecified atom stereocenters. The molecule has 1 aromatic rings. The smallest absolute Gasteiger partial charge is 0.222 e. The Balaban J connectivity index is 1.73. The van der Waals surface area contributed by atoms with E-state index in [1.54, 1.807) is 4.90 Å². The van der Waals surface area contributed by atoms with Crippen molar-refractivity contribution in [3.05, 3.63) is 35.1 Å². The second-order valence-corrected chi connectivity index (χ2v) is 7.17. The highest BCUT2D eigenvalue weighted by atomic mass is 19.2. The fourth-order valence-corrected chi connectivity index (χ4v) is 4.14. The number of rotatable bonds is 4. The molecule has 3 rings (SSSR count). The van der Waals surface area contributed by atoms with Gasteiger partial charge in [-0.1, -0.05) is 0 Å². The number of hydrogen-bond acceptors (Lipinski definition) is 3. The number of aliphatic hydroxyl groups excluding tert-OH is 1. The molecule has 1 N–H and O–H groups in total. The predicted octanol–water partition coefficient (Wildman–Crippen LogP) is 2.30. The van der Waals surface area contributed by atoms with Crippen molar-refractivity contribution < 1.29 is 23.1 Å². The van der Waals surface area contributed by atoms with E-state index in [1.807, 2.05) is 4.90 Å². The third-order valence-electron chi connectivity index (χ3n) is 5.38. The van der Waals surface area contributed by atoms with E-state index in [-0.39, 0.29) is 30.0 Å². The minimum atomic E-state index is -1.12. The number of likely N-dealkylation sites (tertiary alicyclic amines) is 2. The zero-order valence-electron chi connectivity index (χ0n) is 14.1. The van der Waals surface area contributed by atoms with Crippen molar-refractivity contribution in [1.29, 1.82) is 0 Å². The number of amides is 1. The molecule has 0 bridgehead atoms. The van der Waals surface area contributed by atoms with Crippen LogP contribution in [0, 0.1) is 22.9 Å². The Kier molecular flexibility index (Phi) is 5.34. The minimum absolute atomic E-state index is 0.0190. The Labute approximate surface area is 145 Å². The molecule has 7 heteroatoms. The molecular weight excluding hydrogens is 333 g/mol. The lowest BCUT2D eigenvalue weighted by Gasteiger charge is -2.48. The highest BCUT2D eigenvalue weighted by Crippen LogP contribution is 2.39. The van der Waals surface area contributed by atoms with Crippen molar-refractivity contribution in [2.24, 2.45) is 5.41 Å². The lowest BCUT2D eigenvalue weighted by molar-refractivity contribution is -0.140. The number of β-amino-alcohol motifs (C(OH)–C–C–N with tert-alkyl or cyclic N) is 1. The molecule has 138 valence electrons. The maximum Gasteiger partial charge on any atom is 0.222 e. The molecule has 4 nitrogen and oxygen atoms in total. The number of aliphatic hydroxyl groups is 1. The van der Waals surface area contributed by atoms with Crippen molar-refractivity contribution in [2.75, 3.05) is 32.8 Å². The molecular formula is C18H23F3N2O2. The first-order valence-corrected chi connectivity index (χ1v) is 8.67.